The fourth-order valence-corrected chi connectivity index (χ4v) is 3.17. The van der Waals surface area contributed by atoms with Crippen molar-refractivity contribution in [3.63, 3.8) is 0 Å². The lowest BCUT2D eigenvalue weighted by molar-refractivity contribution is 0.0843. The normalized spacial score (nSPS) is 10.7. The number of hydrogen-bond acceptors (Lipinski definition) is 4. The predicted molar refractivity (Wildman–Crippen MR) is 108 cm³/mol. The van der Waals surface area contributed by atoms with Crippen LogP contribution in [0.15, 0.2) is 47.3 Å². The van der Waals surface area contributed by atoms with Crippen LogP contribution >= 0.6 is 23.2 Å². The van der Waals surface area contributed by atoms with Gasteiger partial charge in [0.1, 0.15) is 0 Å². The number of aromatic nitrogens is 2. The van der Waals surface area contributed by atoms with Crippen molar-refractivity contribution in [3.8, 4) is 0 Å². The van der Waals surface area contributed by atoms with Crippen molar-refractivity contribution < 1.29 is 9.59 Å². The fraction of sp³-hybridized carbons (Fsp3) is 0.158. The molecule has 3 rings (SSSR count). The molecule has 9 heteroatoms. The van der Waals surface area contributed by atoms with E-state index in [2.05, 4.69) is 16.0 Å². The Balaban J connectivity index is 1.88. The molecule has 0 aliphatic carbocycles. The number of fused-ring (bicyclic) bond motifs is 1. The molecule has 1 aromatic heterocycles. The SMILES string of the molecule is CCCn1nc(C(=O)NNC(=O)c2ccc(Cl)cc2Cl)c2ccccc2c1=O. The second-order valence-corrected chi connectivity index (χ2v) is 6.80. The molecular formula is C19H16Cl2N4O3. The number of hydrogen-bond donors (Lipinski definition) is 2. The Kier molecular flexibility index (Phi) is 5.96. The number of rotatable bonds is 4. The van der Waals surface area contributed by atoms with Crippen LogP contribution < -0.4 is 16.4 Å². The van der Waals surface area contributed by atoms with E-state index in [0.717, 1.165) is 0 Å². The van der Waals surface area contributed by atoms with Crippen LogP contribution in [-0.2, 0) is 6.54 Å². The zero-order valence-corrected chi connectivity index (χ0v) is 16.3. The Morgan fingerprint density at radius 2 is 1.71 bits per heavy atom. The van der Waals surface area contributed by atoms with Gasteiger partial charge in [-0.15, -0.1) is 0 Å². The smallest absolute Gasteiger partial charge is 0.267 e. The summed E-state index contributed by atoms with van der Waals surface area (Å²) in [6.07, 6.45) is 0.679. The minimum absolute atomic E-state index is 0.0335. The molecule has 7 nitrogen and oxygen atoms in total. The molecule has 1 heterocycles. The van der Waals surface area contributed by atoms with Gasteiger partial charge in [0.05, 0.1) is 16.0 Å². The zero-order valence-electron chi connectivity index (χ0n) is 14.8. The van der Waals surface area contributed by atoms with Gasteiger partial charge in [-0.05, 0) is 30.7 Å². The first-order chi connectivity index (χ1) is 13.4. The van der Waals surface area contributed by atoms with Crippen LogP contribution in [0.3, 0.4) is 0 Å². The monoisotopic (exact) mass is 418 g/mol. The molecular weight excluding hydrogens is 403 g/mol. The fourth-order valence-electron chi connectivity index (χ4n) is 2.68. The third-order valence-corrected chi connectivity index (χ3v) is 4.53. The van der Waals surface area contributed by atoms with Crippen molar-refractivity contribution in [1.82, 2.24) is 20.6 Å². The number of carbonyl (C=O) groups is 2. The molecule has 0 aliphatic rings. The third-order valence-electron chi connectivity index (χ3n) is 3.98. The maximum absolute atomic E-state index is 12.6. The molecule has 144 valence electrons. The quantitative estimate of drug-likeness (QED) is 0.636. The molecule has 0 bridgehead atoms. The summed E-state index contributed by atoms with van der Waals surface area (Å²) >= 11 is 11.8. The van der Waals surface area contributed by atoms with Crippen LogP contribution in [0.5, 0.6) is 0 Å². The van der Waals surface area contributed by atoms with Crippen LogP contribution in [0.2, 0.25) is 10.0 Å². The van der Waals surface area contributed by atoms with Gasteiger partial charge in [0.2, 0.25) is 0 Å². The Labute approximate surface area is 170 Å². The Hall–Kier alpha value is -2.90. The van der Waals surface area contributed by atoms with E-state index >= 15 is 0 Å². The molecule has 0 fully saturated rings. The second-order valence-electron chi connectivity index (χ2n) is 5.95. The molecule has 0 spiro atoms. The van der Waals surface area contributed by atoms with Gasteiger partial charge in [-0.25, -0.2) is 4.68 Å². The number of amides is 2. The Bertz CT molecular complexity index is 1130. The maximum Gasteiger partial charge on any atom is 0.290 e. The van der Waals surface area contributed by atoms with Crippen molar-refractivity contribution >= 4 is 45.8 Å². The lowest BCUT2D eigenvalue weighted by atomic mass is 10.1. The van der Waals surface area contributed by atoms with E-state index in [4.69, 9.17) is 23.2 Å². The minimum Gasteiger partial charge on any atom is -0.267 e. The molecule has 2 aromatic carbocycles. The van der Waals surface area contributed by atoms with Gasteiger partial charge in [0.25, 0.3) is 17.4 Å². The molecule has 2 N–H and O–H groups in total. The van der Waals surface area contributed by atoms with E-state index in [1.807, 2.05) is 6.92 Å². The van der Waals surface area contributed by atoms with Gasteiger partial charge < -0.3 is 0 Å². The molecule has 28 heavy (non-hydrogen) atoms. The van der Waals surface area contributed by atoms with Gasteiger partial charge in [-0.2, -0.15) is 5.10 Å². The summed E-state index contributed by atoms with van der Waals surface area (Å²) in [4.78, 5) is 37.4. The summed E-state index contributed by atoms with van der Waals surface area (Å²) in [5, 5.41) is 5.48. The molecule has 0 unspecified atom stereocenters. The Morgan fingerprint density at radius 3 is 2.39 bits per heavy atom. The van der Waals surface area contributed by atoms with Crippen molar-refractivity contribution in [2.75, 3.05) is 0 Å². The van der Waals surface area contributed by atoms with Gasteiger partial charge in [-0.1, -0.05) is 48.3 Å². The van der Waals surface area contributed by atoms with E-state index in [0.29, 0.717) is 28.8 Å². The highest BCUT2D eigenvalue weighted by atomic mass is 35.5. The van der Waals surface area contributed by atoms with Crippen molar-refractivity contribution in [2.45, 2.75) is 19.9 Å². The average molecular weight is 419 g/mol. The Morgan fingerprint density at radius 1 is 1.04 bits per heavy atom. The number of benzene rings is 2. The summed E-state index contributed by atoms with van der Waals surface area (Å²) < 4.78 is 1.25. The van der Waals surface area contributed by atoms with Gasteiger partial charge in [0, 0.05) is 17.0 Å². The lowest BCUT2D eigenvalue weighted by Crippen LogP contribution is -2.43. The summed E-state index contributed by atoms with van der Waals surface area (Å²) in [5.74, 6) is -1.26. The molecule has 0 saturated carbocycles. The van der Waals surface area contributed by atoms with E-state index < -0.39 is 11.8 Å². The van der Waals surface area contributed by atoms with E-state index in [1.165, 1.54) is 22.9 Å². The topological polar surface area (TPSA) is 93.1 Å². The lowest BCUT2D eigenvalue weighted by Gasteiger charge is -2.12. The van der Waals surface area contributed by atoms with Gasteiger partial charge in [0.15, 0.2) is 5.69 Å². The number of carbonyl (C=O) groups excluding carboxylic acids is 2. The molecule has 3 aromatic rings. The summed E-state index contributed by atoms with van der Waals surface area (Å²) in [6, 6.07) is 11.1. The number of aryl methyl sites for hydroxylation is 1. The number of hydrazine groups is 1. The molecule has 0 aliphatic heterocycles. The van der Waals surface area contributed by atoms with Gasteiger partial charge in [-0.3, -0.25) is 25.2 Å². The largest absolute Gasteiger partial charge is 0.290 e. The number of nitrogens with zero attached hydrogens (tertiary/aromatic N) is 2. The van der Waals surface area contributed by atoms with Crippen LogP contribution in [0.1, 0.15) is 34.2 Å². The summed E-state index contributed by atoms with van der Waals surface area (Å²) in [5.41, 5.74) is 4.52. The predicted octanol–water partition coefficient (Wildman–Crippen LogP) is 3.19. The van der Waals surface area contributed by atoms with Crippen LogP contribution in [-0.4, -0.2) is 21.6 Å². The van der Waals surface area contributed by atoms with Crippen molar-refractivity contribution in [1.29, 1.82) is 0 Å². The first kappa shape index (κ1) is 19.9. The average Bonchev–Trinajstić information content (AvgIpc) is 2.68. The van der Waals surface area contributed by atoms with E-state index in [1.54, 1.807) is 24.3 Å². The summed E-state index contributed by atoms with van der Waals surface area (Å²) in [7, 11) is 0. The van der Waals surface area contributed by atoms with Crippen LogP contribution in [0, 0.1) is 0 Å². The number of nitrogens with one attached hydrogen (secondary N) is 2. The third kappa shape index (κ3) is 4.00. The van der Waals surface area contributed by atoms with E-state index in [9.17, 15) is 14.4 Å². The molecule has 0 atom stereocenters. The second kappa shape index (κ2) is 8.41. The highest BCUT2D eigenvalue weighted by Crippen LogP contribution is 2.20. The van der Waals surface area contributed by atoms with Crippen molar-refractivity contribution in [2.24, 2.45) is 0 Å². The van der Waals surface area contributed by atoms with Gasteiger partial charge >= 0.3 is 0 Å². The molecule has 0 saturated heterocycles. The maximum atomic E-state index is 12.6. The van der Waals surface area contributed by atoms with Crippen molar-refractivity contribution in [3.05, 3.63) is 74.1 Å². The molecule has 2 amide bonds. The zero-order chi connectivity index (χ0) is 20.3. The highest BCUT2D eigenvalue weighted by Gasteiger charge is 2.18. The standard InChI is InChI=1S/C19H16Cl2N4O3/c1-2-9-25-19(28)13-6-4-3-5-12(13)16(24-25)18(27)23-22-17(26)14-8-7-11(20)10-15(14)21/h3-8,10H,2,9H2,1H3,(H,22,26)(H,23,27). The summed E-state index contributed by atoms with van der Waals surface area (Å²) in [6.45, 7) is 2.27. The first-order valence-electron chi connectivity index (χ1n) is 8.48. The minimum atomic E-state index is -0.653. The first-order valence-corrected chi connectivity index (χ1v) is 9.23. The highest BCUT2D eigenvalue weighted by molar-refractivity contribution is 6.36. The van der Waals surface area contributed by atoms with Crippen LogP contribution in [0.4, 0.5) is 0 Å². The van der Waals surface area contributed by atoms with E-state index in [-0.39, 0.29) is 21.8 Å². The van der Waals surface area contributed by atoms with Crippen LogP contribution in [0.25, 0.3) is 10.8 Å². The number of halogens is 2. The molecule has 0 radical (unpaired) electrons.